The lowest BCUT2D eigenvalue weighted by Crippen LogP contribution is -2.31. The molecule has 1 aliphatic heterocycles. The molecule has 1 amide bonds. The summed E-state index contributed by atoms with van der Waals surface area (Å²) in [5.41, 5.74) is 2.69. The van der Waals surface area contributed by atoms with Crippen LogP contribution < -0.4 is 9.47 Å². The van der Waals surface area contributed by atoms with Gasteiger partial charge in [0.15, 0.2) is 17.3 Å². The van der Waals surface area contributed by atoms with Crippen molar-refractivity contribution in [2.45, 2.75) is 13.5 Å². The number of amides is 1. The zero-order chi connectivity index (χ0) is 21.9. The molecule has 0 atom stereocenters. The Balaban J connectivity index is 1.48. The van der Waals surface area contributed by atoms with Gasteiger partial charge in [0.05, 0.1) is 5.69 Å². The molecule has 7 nitrogen and oxygen atoms in total. The van der Waals surface area contributed by atoms with E-state index < -0.39 is 0 Å². The highest BCUT2D eigenvalue weighted by Crippen LogP contribution is 2.33. The highest BCUT2D eigenvalue weighted by molar-refractivity contribution is 5.91. The maximum atomic E-state index is 13.4. The molecule has 3 aromatic carbocycles. The maximum Gasteiger partial charge on any atom is 0.293 e. The Bertz CT molecular complexity index is 1180. The van der Waals surface area contributed by atoms with Crippen molar-refractivity contribution in [3.63, 3.8) is 0 Å². The minimum Gasteiger partial charge on any atom is -0.454 e. The van der Waals surface area contributed by atoms with Gasteiger partial charge in [0, 0.05) is 18.7 Å². The minimum atomic E-state index is -0.225. The van der Waals surface area contributed by atoms with E-state index in [1.54, 1.807) is 9.58 Å². The Morgan fingerprint density at radius 1 is 0.969 bits per heavy atom. The zero-order valence-electron chi connectivity index (χ0n) is 17.6. The number of ether oxygens (including phenoxy) is 2. The van der Waals surface area contributed by atoms with Crippen molar-refractivity contribution in [3.8, 4) is 28.6 Å². The quantitative estimate of drug-likeness (QED) is 0.459. The van der Waals surface area contributed by atoms with E-state index in [-0.39, 0.29) is 18.5 Å². The first-order chi connectivity index (χ1) is 15.7. The lowest BCUT2D eigenvalue weighted by molar-refractivity contribution is 0.0740. The van der Waals surface area contributed by atoms with Crippen molar-refractivity contribution >= 4 is 5.91 Å². The summed E-state index contributed by atoms with van der Waals surface area (Å²) < 4.78 is 12.6. The average molecular weight is 426 g/mol. The SMILES string of the molecule is CCN(Cc1ccc2c(c1)OCO2)C(=O)c1nc(-c2ccccc2)n(-c2ccccc2)n1. The predicted molar refractivity (Wildman–Crippen MR) is 120 cm³/mol. The molecule has 1 aromatic heterocycles. The van der Waals surface area contributed by atoms with Crippen LogP contribution in [0, 0.1) is 0 Å². The van der Waals surface area contributed by atoms with Crippen molar-refractivity contribution in [2.75, 3.05) is 13.3 Å². The third kappa shape index (κ3) is 3.80. The van der Waals surface area contributed by atoms with E-state index in [2.05, 4.69) is 10.1 Å². The number of hydrogen-bond donors (Lipinski definition) is 0. The van der Waals surface area contributed by atoms with E-state index in [1.165, 1.54) is 0 Å². The van der Waals surface area contributed by atoms with Crippen molar-refractivity contribution < 1.29 is 14.3 Å². The number of hydrogen-bond acceptors (Lipinski definition) is 5. The Labute approximate surface area is 185 Å². The summed E-state index contributed by atoms with van der Waals surface area (Å²) in [6, 6.07) is 25.2. The molecule has 0 spiro atoms. The van der Waals surface area contributed by atoms with Gasteiger partial charge in [0.1, 0.15) is 0 Å². The molecule has 4 aromatic rings. The standard InChI is InChI=1S/C25H22N4O3/c1-2-28(16-18-13-14-21-22(15-18)32-17-31-21)25(30)23-26-24(19-9-5-3-6-10-19)29(27-23)20-11-7-4-8-12-20/h3-15H,2,16-17H2,1H3. The Morgan fingerprint density at radius 2 is 1.69 bits per heavy atom. The normalized spacial score (nSPS) is 12.0. The summed E-state index contributed by atoms with van der Waals surface area (Å²) in [4.78, 5) is 19.7. The molecule has 1 aliphatic rings. The first kappa shape index (κ1) is 19.8. The zero-order valence-corrected chi connectivity index (χ0v) is 17.6. The van der Waals surface area contributed by atoms with Crippen LogP contribution in [0.4, 0.5) is 0 Å². The average Bonchev–Trinajstić information content (AvgIpc) is 3.50. The molecule has 0 saturated heterocycles. The number of nitrogens with zero attached hydrogens (tertiary/aromatic N) is 4. The number of para-hydroxylation sites is 1. The van der Waals surface area contributed by atoms with Gasteiger partial charge in [-0.3, -0.25) is 4.79 Å². The van der Waals surface area contributed by atoms with Crippen molar-refractivity contribution in [1.82, 2.24) is 19.7 Å². The largest absolute Gasteiger partial charge is 0.454 e. The predicted octanol–water partition coefficient (Wildman–Crippen LogP) is 4.33. The van der Waals surface area contributed by atoms with E-state index >= 15 is 0 Å². The van der Waals surface area contributed by atoms with Gasteiger partial charge >= 0.3 is 0 Å². The van der Waals surface area contributed by atoms with E-state index in [9.17, 15) is 4.79 Å². The fourth-order valence-corrected chi connectivity index (χ4v) is 3.65. The summed E-state index contributed by atoms with van der Waals surface area (Å²) in [5.74, 6) is 1.98. The summed E-state index contributed by atoms with van der Waals surface area (Å²) in [6.45, 7) is 3.11. The second-order valence-corrected chi connectivity index (χ2v) is 7.38. The number of aromatic nitrogens is 3. The summed E-state index contributed by atoms with van der Waals surface area (Å²) in [7, 11) is 0. The third-order valence-electron chi connectivity index (χ3n) is 5.31. The van der Waals surface area contributed by atoms with Gasteiger partial charge in [0.2, 0.25) is 12.6 Å². The molecule has 5 rings (SSSR count). The highest BCUT2D eigenvalue weighted by atomic mass is 16.7. The van der Waals surface area contributed by atoms with Gasteiger partial charge in [-0.1, -0.05) is 54.6 Å². The van der Waals surface area contributed by atoms with Gasteiger partial charge in [-0.15, -0.1) is 5.10 Å². The van der Waals surface area contributed by atoms with E-state index in [1.807, 2.05) is 85.8 Å². The lowest BCUT2D eigenvalue weighted by Gasteiger charge is -2.19. The van der Waals surface area contributed by atoms with Crippen molar-refractivity contribution in [2.24, 2.45) is 0 Å². The smallest absolute Gasteiger partial charge is 0.293 e. The molecule has 2 heterocycles. The van der Waals surface area contributed by atoms with Crippen molar-refractivity contribution in [1.29, 1.82) is 0 Å². The van der Waals surface area contributed by atoms with Gasteiger partial charge in [-0.25, -0.2) is 9.67 Å². The molecule has 0 unspecified atom stereocenters. The fraction of sp³-hybridized carbons (Fsp3) is 0.160. The van der Waals surface area contributed by atoms with Gasteiger partial charge in [0.25, 0.3) is 5.91 Å². The van der Waals surface area contributed by atoms with Crippen LogP contribution >= 0.6 is 0 Å². The number of rotatable bonds is 6. The van der Waals surface area contributed by atoms with Crippen LogP contribution in [0.3, 0.4) is 0 Å². The van der Waals surface area contributed by atoms with Gasteiger partial charge in [-0.2, -0.15) is 0 Å². The fourth-order valence-electron chi connectivity index (χ4n) is 3.65. The second kappa shape index (κ2) is 8.55. The molecule has 0 fully saturated rings. The van der Waals surface area contributed by atoms with Crippen LogP contribution in [0.5, 0.6) is 11.5 Å². The van der Waals surface area contributed by atoms with E-state index in [0.717, 1.165) is 22.6 Å². The maximum absolute atomic E-state index is 13.4. The summed E-state index contributed by atoms with van der Waals surface area (Å²) in [5, 5.41) is 4.59. The monoisotopic (exact) mass is 426 g/mol. The number of carbonyl (C=O) groups excluding carboxylic acids is 1. The second-order valence-electron chi connectivity index (χ2n) is 7.38. The Hall–Kier alpha value is -4.13. The molecule has 32 heavy (non-hydrogen) atoms. The van der Waals surface area contributed by atoms with Crippen LogP contribution in [0.15, 0.2) is 78.9 Å². The topological polar surface area (TPSA) is 69.5 Å². The van der Waals surface area contributed by atoms with Crippen LogP contribution in [0.2, 0.25) is 0 Å². The summed E-state index contributed by atoms with van der Waals surface area (Å²) in [6.07, 6.45) is 0. The van der Waals surface area contributed by atoms with Crippen LogP contribution in [-0.2, 0) is 6.54 Å². The molecule has 0 N–H and O–H groups in total. The molecule has 0 radical (unpaired) electrons. The molecule has 0 saturated carbocycles. The van der Waals surface area contributed by atoms with Crippen LogP contribution in [0.1, 0.15) is 23.1 Å². The number of fused-ring (bicyclic) bond motifs is 1. The Morgan fingerprint density at radius 3 is 2.44 bits per heavy atom. The van der Waals surface area contributed by atoms with E-state index in [4.69, 9.17) is 9.47 Å². The molecular formula is C25H22N4O3. The first-order valence-corrected chi connectivity index (χ1v) is 10.5. The van der Waals surface area contributed by atoms with Crippen LogP contribution in [0.25, 0.3) is 17.1 Å². The Kier molecular flexibility index (Phi) is 5.29. The molecule has 160 valence electrons. The van der Waals surface area contributed by atoms with Gasteiger partial charge < -0.3 is 14.4 Å². The van der Waals surface area contributed by atoms with E-state index in [0.29, 0.717) is 24.7 Å². The molecule has 7 heteroatoms. The van der Waals surface area contributed by atoms with Crippen molar-refractivity contribution in [3.05, 3.63) is 90.3 Å². The minimum absolute atomic E-state index is 0.162. The third-order valence-corrected chi connectivity index (χ3v) is 5.31. The van der Waals surface area contributed by atoms with Gasteiger partial charge in [-0.05, 0) is 36.8 Å². The first-order valence-electron chi connectivity index (χ1n) is 10.5. The summed E-state index contributed by atoms with van der Waals surface area (Å²) >= 11 is 0. The van der Waals surface area contributed by atoms with Crippen LogP contribution in [-0.4, -0.2) is 38.9 Å². The molecule has 0 aliphatic carbocycles. The number of benzene rings is 3. The number of carbonyl (C=O) groups is 1. The molecular weight excluding hydrogens is 404 g/mol. The highest BCUT2D eigenvalue weighted by Gasteiger charge is 2.23. The lowest BCUT2D eigenvalue weighted by atomic mass is 10.2. The molecule has 0 bridgehead atoms.